The van der Waals surface area contributed by atoms with Crippen LogP contribution in [-0.4, -0.2) is 50.9 Å². The lowest BCUT2D eigenvalue weighted by Gasteiger charge is -2.33. The third-order valence-electron chi connectivity index (χ3n) is 5.17. The molecule has 0 radical (unpaired) electrons. The second-order valence-corrected chi connectivity index (χ2v) is 7.82. The van der Waals surface area contributed by atoms with Crippen LogP contribution in [0.3, 0.4) is 0 Å². The van der Waals surface area contributed by atoms with Crippen LogP contribution in [0.4, 0.5) is 14.9 Å². The van der Waals surface area contributed by atoms with Crippen LogP contribution in [0, 0.1) is 5.82 Å². The second kappa shape index (κ2) is 7.31. The lowest BCUT2D eigenvalue weighted by atomic mass is 9.99. The Morgan fingerprint density at radius 3 is 2.86 bits per heavy atom. The van der Waals surface area contributed by atoms with Crippen LogP contribution in [0.5, 0.6) is 0 Å². The van der Waals surface area contributed by atoms with Gasteiger partial charge in [-0.1, -0.05) is 11.6 Å². The van der Waals surface area contributed by atoms with E-state index in [-0.39, 0.29) is 35.7 Å². The number of anilines is 1. The zero-order valence-electron chi connectivity index (χ0n) is 16.3. The average molecular weight is 422 g/mol. The predicted octanol–water partition coefficient (Wildman–Crippen LogP) is 3.06. The molecule has 10 heteroatoms. The molecule has 0 aliphatic carbocycles. The maximum Gasteiger partial charge on any atom is 0.322 e. The Kier molecular flexibility index (Phi) is 4.95. The number of aromatic nitrogens is 2. The first-order chi connectivity index (χ1) is 13.7. The number of amides is 3. The number of rotatable bonds is 1. The molecule has 2 aliphatic heterocycles. The van der Waals surface area contributed by atoms with E-state index >= 15 is 0 Å². The maximum absolute atomic E-state index is 13.4. The fourth-order valence-corrected chi connectivity index (χ4v) is 3.93. The van der Waals surface area contributed by atoms with Gasteiger partial charge in [0, 0.05) is 30.8 Å². The van der Waals surface area contributed by atoms with Crippen molar-refractivity contribution < 1.29 is 18.8 Å². The van der Waals surface area contributed by atoms with Crippen LogP contribution in [0.2, 0.25) is 5.02 Å². The van der Waals surface area contributed by atoms with Gasteiger partial charge >= 0.3 is 6.03 Å². The Hall–Kier alpha value is -2.65. The van der Waals surface area contributed by atoms with Gasteiger partial charge in [0.15, 0.2) is 0 Å². The summed E-state index contributed by atoms with van der Waals surface area (Å²) in [7, 11) is 1.57. The highest BCUT2D eigenvalue weighted by atomic mass is 35.5. The first kappa shape index (κ1) is 19.7. The predicted molar refractivity (Wildman–Crippen MR) is 104 cm³/mol. The van der Waals surface area contributed by atoms with Gasteiger partial charge in [-0.2, -0.15) is 5.10 Å². The van der Waals surface area contributed by atoms with Gasteiger partial charge < -0.3 is 10.2 Å². The SMILES string of the molecule is CC1Cn2nc3c(c2C(=O)N(C)O1)CN(C(=O)Nc1ccc(F)c(Cl)c1)[C@H](C)C3. The summed E-state index contributed by atoms with van der Waals surface area (Å²) in [5.74, 6) is -0.842. The van der Waals surface area contributed by atoms with Crippen molar-refractivity contribution in [2.24, 2.45) is 0 Å². The first-order valence-electron chi connectivity index (χ1n) is 9.30. The van der Waals surface area contributed by atoms with Crippen LogP contribution in [0.15, 0.2) is 18.2 Å². The third-order valence-corrected chi connectivity index (χ3v) is 5.46. The molecule has 1 aromatic heterocycles. The summed E-state index contributed by atoms with van der Waals surface area (Å²) < 4.78 is 15.0. The number of fused-ring (bicyclic) bond motifs is 3. The van der Waals surface area contributed by atoms with E-state index in [1.54, 1.807) is 16.6 Å². The van der Waals surface area contributed by atoms with Crippen molar-refractivity contribution in [3.8, 4) is 0 Å². The van der Waals surface area contributed by atoms with Gasteiger partial charge in [0.05, 0.1) is 23.8 Å². The van der Waals surface area contributed by atoms with Crippen LogP contribution >= 0.6 is 11.6 Å². The van der Waals surface area contributed by atoms with E-state index in [4.69, 9.17) is 16.4 Å². The quantitative estimate of drug-likeness (QED) is 0.767. The number of hydrogen-bond donors (Lipinski definition) is 1. The summed E-state index contributed by atoms with van der Waals surface area (Å²) in [6.07, 6.45) is 0.325. The fourth-order valence-electron chi connectivity index (χ4n) is 3.75. The van der Waals surface area contributed by atoms with Crippen molar-refractivity contribution in [3.05, 3.63) is 46.0 Å². The molecular formula is C19H21ClFN5O3. The number of benzene rings is 1. The van der Waals surface area contributed by atoms with E-state index in [0.29, 0.717) is 24.3 Å². The Morgan fingerprint density at radius 2 is 2.14 bits per heavy atom. The number of carbonyl (C=O) groups excluding carboxylic acids is 2. The van der Waals surface area contributed by atoms with Crippen molar-refractivity contribution in [2.45, 2.75) is 45.5 Å². The van der Waals surface area contributed by atoms with Gasteiger partial charge in [-0.25, -0.2) is 14.2 Å². The van der Waals surface area contributed by atoms with Crippen LogP contribution in [-0.2, 0) is 24.3 Å². The van der Waals surface area contributed by atoms with Crippen LogP contribution in [0.25, 0.3) is 0 Å². The van der Waals surface area contributed by atoms with Gasteiger partial charge in [-0.3, -0.25) is 14.3 Å². The van der Waals surface area contributed by atoms with Crippen molar-refractivity contribution in [2.75, 3.05) is 12.4 Å². The van der Waals surface area contributed by atoms with E-state index in [1.807, 2.05) is 13.8 Å². The Balaban J connectivity index is 1.61. The van der Waals surface area contributed by atoms with Gasteiger partial charge in [0.1, 0.15) is 17.6 Å². The molecule has 2 atom stereocenters. The van der Waals surface area contributed by atoms with Gasteiger partial charge in [-0.15, -0.1) is 0 Å². The number of halogens is 2. The summed E-state index contributed by atoms with van der Waals surface area (Å²) >= 11 is 5.80. The molecule has 1 unspecified atom stereocenters. The van der Waals surface area contributed by atoms with E-state index in [2.05, 4.69) is 10.4 Å². The molecular weight excluding hydrogens is 401 g/mol. The summed E-state index contributed by atoms with van der Waals surface area (Å²) in [4.78, 5) is 32.8. The minimum Gasteiger partial charge on any atom is -0.317 e. The molecule has 8 nitrogen and oxygen atoms in total. The molecule has 29 heavy (non-hydrogen) atoms. The average Bonchev–Trinajstić information content (AvgIpc) is 2.94. The highest BCUT2D eigenvalue weighted by molar-refractivity contribution is 6.31. The van der Waals surface area contributed by atoms with Crippen LogP contribution in [0.1, 0.15) is 35.6 Å². The Labute approximate surface area is 172 Å². The molecule has 154 valence electrons. The highest BCUT2D eigenvalue weighted by Gasteiger charge is 2.36. The molecule has 1 aromatic carbocycles. The van der Waals surface area contributed by atoms with E-state index in [0.717, 1.165) is 11.3 Å². The molecule has 0 bridgehead atoms. The van der Waals surface area contributed by atoms with E-state index in [9.17, 15) is 14.0 Å². The third kappa shape index (κ3) is 3.56. The number of carbonyl (C=O) groups is 2. The highest BCUT2D eigenvalue weighted by Crippen LogP contribution is 2.29. The number of urea groups is 1. The topological polar surface area (TPSA) is 79.7 Å². The molecule has 3 amide bonds. The number of hydrogen-bond acceptors (Lipinski definition) is 4. The van der Waals surface area contributed by atoms with Crippen molar-refractivity contribution in [1.29, 1.82) is 0 Å². The van der Waals surface area contributed by atoms with E-state index in [1.165, 1.54) is 23.3 Å². The van der Waals surface area contributed by atoms with Gasteiger partial charge in [0.25, 0.3) is 5.91 Å². The summed E-state index contributed by atoms with van der Waals surface area (Å²) in [6.45, 7) is 4.48. The van der Waals surface area contributed by atoms with Gasteiger partial charge in [-0.05, 0) is 32.0 Å². The zero-order chi connectivity index (χ0) is 20.9. The molecule has 2 aromatic rings. The maximum atomic E-state index is 13.4. The smallest absolute Gasteiger partial charge is 0.317 e. The molecule has 0 fully saturated rings. The number of hydroxylamine groups is 2. The summed E-state index contributed by atoms with van der Waals surface area (Å²) in [5, 5.41) is 8.50. The molecule has 2 aliphatic rings. The van der Waals surface area contributed by atoms with E-state index < -0.39 is 5.82 Å². The standard InChI is InChI=1S/C19H21ClFN5O3/c1-10-6-16-13(17-18(27)24(3)29-11(2)8-26(17)23-16)9-25(10)19(28)22-12-4-5-15(21)14(20)7-12/h4-5,7,10-11H,6,8-9H2,1-3H3,(H,22,28)/t10-,11?/m1/s1. The minimum absolute atomic E-state index is 0.0681. The molecule has 0 saturated carbocycles. The Morgan fingerprint density at radius 1 is 1.38 bits per heavy atom. The molecule has 3 heterocycles. The van der Waals surface area contributed by atoms with Crippen LogP contribution < -0.4 is 5.32 Å². The number of nitrogens with one attached hydrogen (secondary N) is 1. The van der Waals surface area contributed by atoms with Crippen molar-refractivity contribution in [1.82, 2.24) is 19.7 Å². The second-order valence-electron chi connectivity index (χ2n) is 7.41. The number of nitrogens with zero attached hydrogens (tertiary/aromatic N) is 4. The first-order valence-corrected chi connectivity index (χ1v) is 9.68. The van der Waals surface area contributed by atoms with Gasteiger partial charge in [0.2, 0.25) is 0 Å². The normalized spacial score (nSPS) is 21.5. The molecule has 0 spiro atoms. The fraction of sp³-hybridized carbons (Fsp3) is 0.421. The molecule has 4 rings (SSSR count). The van der Waals surface area contributed by atoms with Crippen molar-refractivity contribution in [3.63, 3.8) is 0 Å². The summed E-state index contributed by atoms with van der Waals surface area (Å²) in [5.41, 5.74) is 2.38. The molecule has 0 saturated heterocycles. The monoisotopic (exact) mass is 421 g/mol. The minimum atomic E-state index is -0.553. The lowest BCUT2D eigenvalue weighted by molar-refractivity contribution is -0.141. The zero-order valence-corrected chi connectivity index (χ0v) is 17.0. The lowest BCUT2D eigenvalue weighted by Crippen LogP contribution is -2.45. The van der Waals surface area contributed by atoms with Crippen molar-refractivity contribution >= 4 is 29.2 Å². The Bertz CT molecular complexity index is 994. The molecule has 1 N–H and O–H groups in total. The largest absolute Gasteiger partial charge is 0.322 e. The summed E-state index contributed by atoms with van der Waals surface area (Å²) in [6, 6.07) is 3.52.